The highest BCUT2D eigenvalue weighted by atomic mass is 32.2. The molecule has 1 aliphatic rings. The molecule has 1 aliphatic carbocycles. The van der Waals surface area contributed by atoms with Crippen LogP contribution in [0.1, 0.15) is 49.9 Å². The summed E-state index contributed by atoms with van der Waals surface area (Å²) in [5.41, 5.74) is -0.391. The molecular weight excluding hydrogens is 351 g/mol. The molecule has 25 heavy (non-hydrogen) atoms. The first-order valence-corrected chi connectivity index (χ1v) is 9.85. The number of halogens is 1. The maximum Gasteiger partial charge on any atom is 0.338 e. The second-order valence-electron chi connectivity index (χ2n) is 6.60. The third-order valence-corrected chi connectivity index (χ3v) is 5.24. The Bertz CT molecular complexity index is 723. The lowest BCUT2D eigenvalue weighted by Gasteiger charge is -2.34. The van der Waals surface area contributed by atoms with Gasteiger partial charge in [0.25, 0.3) is 10.1 Å². The number of rotatable bonds is 7. The Balaban J connectivity index is 2.13. The lowest BCUT2D eigenvalue weighted by Crippen LogP contribution is -2.38. The largest absolute Gasteiger partial charge is 0.484 e. The second-order valence-corrected chi connectivity index (χ2v) is 8.17. The van der Waals surface area contributed by atoms with Crippen LogP contribution in [-0.4, -0.2) is 36.9 Å². The molecule has 0 aliphatic heterocycles. The summed E-state index contributed by atoms with van der Waals surface area (Å²) in [6.45, 7) is 3.56. The van der Waals surface area contributed by atoms with Crippen LogP contribution in [0.4, 0.5) is 4.39 Å². The molecule has 0 spiro atoms. The number of ether oxygens (including phenoxy) is 2. The molecule has 0 radical (unpaired) electrons. The first-order valence-electron chi connectivity index (χ1n) is 8.24. The molecule has 0 amide bonds. The number of benzene rings is 1. The molecule has 0 saturated heterocycles. The molecule has 140 valence electrons. The summed E-state index contributed by atoms with van der Waals surface area (Å²) in [5, 5.41) is 0. The molecule has 6 nitrogen and oxygen atoms in total. The Labute approximate surface area is 147 Å². The summed E-state index contributed by atoms with van der Waals surface area (Å²) < 4.78 is 54.8. The SMILES string of the molecule is CC(C)C1(Oc2cc(C(=O)OCCS(=O)(=O)O)ccc2F)CCCC1. The second kappa shape index (κ2) is 7.70. The van der Waals surface area contributed by atoms with Gasteiger partial charge in [0.2, 0.25) is 0 Å². The zero-order valence-electron chi connectivity index (χ0n) is 14.3. The van der Waals surface area contributed by atoms with Gasteiger partial charge in [0.05, 0.1) is 5.56 Å². The molecule has 1 saturated carbocycles. The van der Waals surface area contributed by atoms with Gasteiger partial charge in [-0.3, -0.25) is 4.55 Å². The maximum atomic E-state index is 14.1. The molecule has 1 N–H and O–H groups in total. The predicted molar refractivity (Wildman–Crippen MR) is 89.8 cm³/mol. The molecule has 1 aromatic rings. The number of hydrogen-bond acceptors (Lipinski definition) is 5. The molecule has 1 aromatic carbocycles. The Kier molecular flexibility index (Phi) is 6.05. The monoisotopic (exact) mass is 374 g/mol. The highest BCUT2D eigenvalue weighted by Gasteiger charge is 2.39. The predicted octanol–water partition coefficient (Wildman–Crippen LogP) is 3.22. The van der Waals surface area contributed by atoms with Crippen molar-refractivity contribution in [2.75, 3.05) is 12.4 Å². The lowest BCUT2D eigenvalue weighted by molar-refractivity contribution is 0.0248. The van der Waals surface area contributed by atoms with Crippen LogP contribution in [-0.2, 0) is 14.9 Å². The fourth-order valence-corrected chi connectivity index (χ4v) is 3.32. The third-order valence-electron chi connectivity index (χ3n) is 4.56. The summed E-state index contributed by atoms with van der Waals surface area (Å²) in [4.78, 5) is 12.0. The van der Waals surface area contributed by atoms with E-state index in [4.69, 9.17) is 14.0 Å². The highest BCUT2D eigenvalue weighted by molar-refractivity contribution is 7.85. The van der Waals surface area contributed by atoms with Crippen molar-refractivity contribution in [2.45, 2.75) is 45.1 Å². The Hall–Kier alpha value is -1.67. The summed E-state index contributed by atoms with van der Waals surface area (Å²) in [6.07, 6.45) is 3.68. The fourth-order valence-electron chi connectivity index (χ4n) is 3.02. The van der Waals surface area contributed by atoms with Crippen LogP contribution in [0, 0.1) is 11.7 Å². The van der Waals surface area contributed by atoms with E-state index in [1.54, 1.807) is 0 Å². The van der Waals surface area contributed by atoms with Gasteiger partial charge in [0, 0.05) is 0 Å². The quantitative estimate of drug-likeness (QED) is 0.582. The van der Waals surface area contributed by atoms with E-state index in [9.17, 15) is 17.6 Å². The molecule has 0 bridgehead atoms. The van der Waals surface area contributed by atoms with E-state index >= 15 is 0 Å². The van der Waals surface area contributed by atoms with Crippen molar-refractivity contribution in [3.63, 3.8) is 0 Å². The summed E-state index contributed by atoms with van der Waals surface area (Å²) >= 11 is 0. The molecule has 0 unspecified atom stereocenters. The van der Waals surface area contributed by atoms with Gasteiger partial charge in [0.15, 0.2) is 11.6 Å². The first-order chi connectivity index (χ1) is 11.6. The van der Waals surface area contributed by atoms with E-state index in [0.29, 0.717) is 0 Å². The van der Waals surface area contributed by atoms with E-state index in [1.807, 2.05) is 13.8 Å². The van der Waals surface area contributed by atoms with Gasteiger partial charge < -0.3 is 9.47 Å². The minimum atomic E-state index is -4.21. The number of carbonyl (C=O) groups excluding carboxylic acids is 1. The van der Waals surface area contributed by atoms with Gasteiger partial charge in [-0.05, 0) is 49.8 Å². The van der Waals surface area contributed by atoms with Crippen LogP contribution in [0.25, 0.3) is 0 Å². The first kappa shape index (κ1) is 19.7. The van der Waals surface area contributed by atoms with E-state index < -0.39 is 39.9 Å². The standard InChI is InChI=1S/C17H23FO6S/c1-12(2)17(7-3-4-8-17)24-15-11-13(5-6-14(15)18)16(19)23-9-10-25(20,21)22/h5-6,11-12H,3-4,7-10H2,1-2H3,(H,20,21,22). The van der Waals surface area contributed by atoms with Crippen LogP contribution in [0.15, 0.2) is 18.2 Å². The average Bonchev–Trinajstić information content (AvgIpc) is 2.98. The average molecular weight is 374 g/mol. The number of hydrogen-bond donors (Lipinski definition) is 1. The van der Waals surface area contributed by atoms with Crippen molar-refractivity contribution in [2.24, 2.45) is 5.92 Å². The number of carbonyl (C=O) groups is 1. The van der Waals surface area contributed by atoms with Gasteiger partial charge in [-0.1, -0.05) is 13.8 Å². The summed E-state index contributed by atoms with van der Waals surface area (Å²) in [7, 11) is -4.21. The van der Waals surface area contributed by atoms with Crippen LogP contribution in [0.3, 0.4) is 0 Å². The molecule has 1 fully saturated rings. The van der Waals surface area contributed by atoms with Crippen LogP contribution >= 0.6 is 0 Å². The molecular formula is C17H23FO6S. The lowest BCUT2D eigenvalue weighted by atomic mass is 9.88. The van der Waals surface area contributed by atoms with Gasteiger partial charge in [-0.15, -0.1) is 0 Å². The minimum absolute atomic E-state index is 0.0140. The maximum absolute atomic E-state index is 14.1. The molecule has 0 heterocycles. The zero-order valence-corrected chi connectivity index (χ0v) is 15.1. The van der Waals surface area contributed by atoms with E-state index in [0.717, 1.165) is 31.7 Å². The van der Waals surface area contributed by atoms with E-state index in [-0.39, 0.29) is 17.2 Å². The van der Waals surface area contributed by atoms with Crippen LogP contribution in [0.5, 0.6) is 5.75 Å². The van der Waals surface area contributed by atoms with E-state index in [2.05, 4.69) is 0 Å². The van der Waals surface area contributed by atoms with Crippen molar-refractivity contribution in [3.05, 3.63) is 29.6 Å². The van der Waals surface area contributed by atoms with Crippen molar-refractivity contribution in [1.29, 1.82) is 0 Å². The van der Waals surface area contributed by atoms with Crippen molar-refractivity contribution < 1.29 is 31.6 Å². The van der Waals surface area contributed by atoms with Crippen LogP contribution in [0.2, 0.25) is 0 Å². The molecule has 2 rings (SSSR count). The number of esters is 1. The van der Waals surface area contributed by atoms with Gasteiger partial charge in [-0.2, -0.15) is 8.42 Å². The van der Waals surface area contributed by atoms with Gasteiger partial charge >= 0.3 is 5.97 Å². The molecule has 8 heteroatoms. The van der Waals surface area contributed by atoms with Crippen molar-refractivity contribution in [3.8, 4) is 5.75 Å². The van der Waals surface area contributed by atoms with Gasteiger partial charge in [0.1, 0.15) is 18.0 Å². The minimum Gasteiger partial charge on any atom is -0.484 e. The smallest absolute Gasteiger partial charge is 0.338 e. The Morgan fingerprint density at radius 2 is 1.96 bits per heavy atom. The van der Waals surface area contributed by atoms with Gasteiger partial charge in [-0.25, -0.2) is 9.18 Å². The van der Waals surface area contributed by atoms with E-state index in [1.165, 1.54) is 12.1 Å². The van der Waals surface area contributed by atoms with Crippen molar-refractivity contribution in [1.82, 2.24) is 0 Å². The third kappa shape index (κ3) is 5.15. The Morgan fingerprint density at radius 3 is 2.52 bits per heavy atom. The Morgan fingerprint density at radius 1 is 1.32 bits per heavy atom. The normalized spacial score (nSPS) is 16.8. The zero-order chi connectivity index (χ0) is 18.7. The molecule has 0 aromatic heterocycles. The topological polar surface area (TPSA) is 89.9 Å². The highest BCUT2D eigenvalue weighted by Crippen LogP contribution is 2.40. The fraction of sp³-hybridized carbons (Fsp3) is 0.588. The van der Waals surface area contributed by atoms with Crippen molar-refractivity contribution >= 4 is 16.1 Å². The molecule has 0 atom stereocenters. The van der Waals surface area contributed by atoms with Crippen LogP contribution < -0.4 is 4.74 Å². The summed E-state index contributed by atoms with van der Waals surface area (Å²) in [5.74, 6) is -1.89. The summed E-state index contributed by atoms with van der Waals surface area (Å²) in [6, 6.07) is 3.64.